The predicted octanol–water partition coefficient (Wildman–Crippen LogP) is 1.21. The maximum absolute atomic E-state index is 10.7. The molecule has 1 rings (SSSR count). The van der Waals surface area contributed by atoms with Gasteiger partial charge in [-0.1, -0.05) is 13.8 Å². The predicted molar refractivity (Wildman–Crippen MR) is 45.3 cm³/mol. The van der Waals surface area contributed by atoms with Crippen molar-refractivity contribution in [1.82, 2.24) is 0 Å². The average molecular weight is 186 g/mol. The number of aliphatic carboxylic acids is 2. The molecule has 1 saturated carbocycles. The van der Waals surface area contributed by atoms with Gasteiger partial charge in [0.1, 0.15) is 0 Å². The molecule has 1 fully saturated rings. The minimum absolute atomic E-state index is 0.00565. The van der Waals surface area contributed by atoms with Crippen molar-refractivity contribution in [2.45, 2.75) is 26.7 Å². The van der Waals surface area contributed by atoms with Gasteiger partial charge in [-0.3, -0.25) is 9.59 Å². The first-order valence-corrected chi connectivity index (χ1v) is 4.30. The Morgan fingerprint density at radius 3 is 2.23 bits per heavy atom. The van der Waals surface area contributed by atoms with E-state index in [1.54, 1.807) is 0 Å². The SMILES string of the molecule is CC1(C)[C@@H](CC(=O)O)C[C@@H]1C(=O)O. The van der Waals surface area contributed by atoms with Crippen molar-refractivity contribution in [3.05, 3.63) is 0 Å². The van der Waals surface area contributed by atoms with Crippen molar-refractivity contribution >= 4 is 11.9 Å². The quantitative estimate of drug-likeness (QED) is 0.694. The molecule has 1 aliphatic carbocycles. The minimum atomic E-state index is -0.845. The Hall–Kier alpha value is -1.06. The molecule has 2 atom stereocenters. The van der Waals surface area contributed by atoms with Crippen LogP contribution >= 0.6 is 0 Å². The maximum Gasteiger partial charge on any atom is 0.307 e. The van der Waals surface area contributed by atoms with E-state index in [9.17, 15) is 9.59 Å². The molecule has 0 aromatic rings. The van der Waals surface area contributed by atoms with Crippen LogP contribution in [0.2, 0.25) is 0 Å². The second-order valence-electron chi connectivity index (χ2n) is 4.24. The van der Waals surface area contributed by atoms with E-state index >= 15 is 0 Å². The van der Waals surface area contributed by atoms with Gasteiger partial charge in [0.15, 0.2) is 0 Å². The summed E-state index contributed by atoms with van der Waals surface area (Å²) in [7, 11) is 0. The van der Waals surface area contributed by atoms with Crippen molar-refractivity contribution < 1.29 is 19.8 Å². The lowest BCUT2D eigenvalue weighted by Crippen LogP contribution is -2.49. The summed E-state index contributed by atoms with van der Waals surface area (Å²) < 4.78 is 0. The molecule has 0 radical (unpaired) electrons. The highest BCUT2D eigenvalue weighted by Gasteiger charge is 2.52. The average Bonchev–Trinajstić information content (AvgIpc) is 1.96. The van der Waals surface area contributed by atoms with Crippen molar-refractivity contribution in [1.29, 1.82) is 0 Å². The van der Waals surface area contributed by atoms with E-state index < -0.39 is 11.9 Å². The van der Waals surface area contributed by atoms with Gasteiger partial charge in [0.2, 0.25) is 0 Å². The van der Waals surface area contributed by atoms with E-state index in [2.05, 4.69) is 0 Å². The molecule has 0 bridgehead atoms. The van der Waals surface area contributed by atoms with Gasteiger partial charge in [-0.25, -0.2) is 0 Å². The Balaban J connectivity index is 2.59. The van der Waals surface area contributed by atoms with Crippen LogP contribution in [-0.2, 0) is 9.59 Å². The van der Waals surface area contributed by atoms with E-state index in [1.807, 2.05) is 13.8 Å². The molecule has 0 aromatic carbocycles. The number of carbonyl (C=O) groups is 2. The van der Waals surface area contributed by atoms with Gasteiger partial charge in [-0.15, -0.1) is 0 Å². The van der Waals surface area contributed by atoms with Crippen LogP contribution in [0.5, 0.6) is 0 Å². The molecule has 4 nitrogen and oxygen atoms in total. The zero-order valence-electron chi connectivity index (χ0n) is 7.78. The second-order valence-corrected chi connectivity index (χ2v) is 4.24. The van der Waals surface area contributed by atoms with Gasteiger partial charge >= 0.3 is 11.9 Å². The normalized spacial score (nSPS) is 30.6. The molecule has 0 saturated heterocycles. The molecule has 74 valence electrons. The first-order valence-electron chi connectivity index (χ1n) is 4.30. The van der Waals surface area contributed by atoms with E-state index in [-0.39, 0.29) is 23.7 Å². The van der Waals surface area contributed by atoms with Crippen LogP contribution in [-0.4, -0.2) is 22.2 Å². The molecular formula is C9H14O4. The lowest BCUT2D eigenvalue weighted by Gasteiger charge is -2.49. The number of hydrogen-bond acceptors (Lipinski definition) is 2. The number of carboxylic acid groups (broad SMARTS) is 2. The Bertz CT molecular complexity index is 244. The first-order chi connectivity index (χ1) is 5.85. The fourth-order valence-corrected chi connectivity index (χ4v) is 1.99. The van der Waals surface area contributed by atoms with Crippen LogP contribution in [0.3, 0.4) is 0 Å². The molecule has 4 heteroatoms. The monoisotopic (exact) mass is 186 g/mol. The van der Waals surface area contributed by atoms with Crippen molar-refractivity contribution in [3.8, 4) is 0 Å². The fourth-order valence-electron chi connectivity index (χ4n) is 1.99. The topological polar surface area (TPSA) is 74.6 Å². The highest BCUT2D eigenvalue weighted by molar-refractivity contribution is 5.74. The number of carboxylic acids is 2. The van der Waals surface area contributed by atoms with Crippen molar-refractivity contribution in [2.24, 2.45) is 17.3 Å². The Morgan fingerprint density at radius 1 is 1.38 bits per heavy atom. The van der Waals surface area contributed by atoms with Crippen molar-refractivity contribution in [3.63, 3.8) is 0 Å². The lowest BCUT2D eigenvalue weighted by atomic mass is 9.54. The van der Waals surface area contributed by atoms with Gasteiger partial charge in [-0.2, -0.15) is 0 Å². The zero-order chi connectivity index (χ0) is 10.2. The van der Waals surface area contributed by atoms with E-state index in [0.29, 0.717) is 6.42 Å². The summed E-state index contributed by atoms with van der Waals surface area (Å²) in [6.45, 7) is 3.64. The van der Waals surface area contributed by atoms with Gasteiger partial charge in [0.25, 0.3) is 0 Å². The molecule has 0 spiro atoms. The Labute approximate surface area is 76.6 Å². The molecule has 0 heterocycles. The third-order valence-corrected chi connectivity index (χ3v) is 3.19. The van der Waals surface area contributed by atoms with Crippen LogP contribution < -0.4 is 0 Å². The fraction of sp³-hybridized carbons (Fsp3) is 0.778. The third-order valence-electron chi connectivity index (χ3n) is 3.19. The van der Waals surface area contributed by atoms with Gasteiger partial charge < -0.3 is 10.2 Å². The highest BCUT2D eigenvalue weighted by atomic mass is 16.4. The van der Waals surface area contributed by atoms with E-state index in [4.69, 9.17) is 10.2 Å². The van der Waals surface area contributed by atoms with Gasteiger partial charge in [0.05, 0.1) is 5.92 Å². The third kappa shape index (κ3) is 1.66. The Kier molecular flexibility index (Phi) is 2.32. The summed E-state index contributed by atoms with van der Waals surface area (Å²) in [6.07, 6.45) is 0.575. The first kappa shape index (κ1) is 10.0. The molecule has 2 N–H and O–H groups in total. The van der Waals surface area contributed by atoms with Gasteiger partial charge in [-0.05, 0) is 17.8 Å². The maximum atomic E-state index is 10.7. The summed E-state index contributed by atoms with van der Waals surface area (Å²) in [5.41, 5.74) is -0.371. The molecule has 0 unspecified atom stereocenters. The summed E-state index contributed by atoms with van der Waals surface area (Å²) in [4.78, 5) is 21.1. The van der Waals surface area contributed by atoms with Gasteiger partial charge in [0, 0.05) is 6.42 Å². The molecule has 1 aliphatic rings. The van der Waals surface area contributed by atoms with E-state index in [1.165, 1.54) is 0 Å². The molecule has 0 amide bonds. The number of rotatable bonds is 3. The van der Waals surface area contributed by atoms with Crippen LogP contribution in [0.25, 0.3) is 0 Å². The van der Waals surface area contributed by atoms with Crippen LogP contribution in [0.1, 0.15) is 26.7 Å². The largest absolute Gasteiger partial charge is 0.481 e. The summed E-state index contributed by atoms with van der Waals surface area (Å²) in [5, 5.41) is 17.3. The minimum Gasteiger partial charge on any atom is -0.481 e. The van der Waals surface area contributed by atoms with E-state index in [0.717, 1.165) is 0 Å². The summed E-state index contributed by atoms with van der Waals surface area (Å²) in [6, 6.07) is 0. The Morgan fingerprint density at radius 2 is 1.92 bits per heavy atom. The molecule has 0 aromatic heterocycles. The molecule has 13 heavy (non-hydrogen) atoms. The standard InChI is InChI=1S/C9H14O4/c1-9(2)5(4-7(10)11)3-6(9)8(12)13/h5-6H,3-4H2,1-2H3,(H,10,11)(H,12,13)/t5-,6-/m1/s1. The second kappa shape index (κ2) is 3.01. The lowest BCUT2D eigenvalue weighted by molar-refractivity contribution is -0.163. The highest BCUT2D eigenvalue weighted by Crippen LogP contribution is 2.52. The van der Waals surface area contributed by atoms with Crippen LogP contribution in [0, 0.1) is 17.3 Å². The van der Waals surface area contributed by atoms with Crippen LogP contribution in [0.4, 0.5) is 0 Å². The number of hydrogen-bond donors (Lipinski definition) is 2. The smallest absolute Gasteiger partial charge is 0.307 e. The molecular weight excluding hydrogens is 172 g/mol. The molecule has 0 aliphatic heterocycles. The summed E-state index contributed by atoms with van der Waals surface area (Å²) >= 11 is 0. The van der Waals surface area contributed by atoms with Crippen molar-refractivity contribution in [2.75, 3.05) is 0 Å². The van der Waals surface area contributed by atoms with Crippen LogP contribution in [0.15, 0.2) is 0 Å². The summed E-state index contributed by atoms with van der Waals surface area (Å²) in [5.74, 6) is -2.03. The zero-order valence-corrected chi connectivity index (χ0v) is 7.78.